The molecular weight excluding hydrogens is 480 g/mol. The first-order valence-corrected chi connectivity index (χ1v) is 15.3. The second-order valence-corrected chi connectivity index (χ2v) is 13.3. The van der Waals surface area contributed by atoms with E-state index in [1.54, 1.807) is 5.57 Å². The lowest BCUT2D eigenvalue weighted by Crippen LogP contribution is -2.24. The molecule has 0 heterocycles. The Morgan fingerprint density at radius 3 is 1.70 bits per heavy atom. The summed E-state index contributed by atoms with van der Waals surface area (Å²) in [6, 6.07) is 0. The van der Waals surface area contributed by atoms with E-state index in [2.05, 4.69) is 160 Å². The van der Waals surface area contributed by atoms with Gasteiger partial charge in [0.05, 0.1) is 0 Å². The predicted octanol–water partition coefficient (Wildman–Crippen LogP) is 12.5. The van der Waals surface area contributed by atoms with Crippen LogP contribution in [-0.2, 0) is 0 Å². The normalized spacial score (nSPS) is 25.4. The largest absolute Gasteiger partial charge is 0.0813 e. The van der Waals surface area contributed by atoms with Crippen LogP contribution in [0, 0.1) is 16.7 Å². The van der Waals surface area contributed by atoms with Crippen molar-refractivity contribution >= 4 is 0 Å². The third kappa shape index (κ3) is 11.3. The van der Waals surface area contributed by atoms with Gasteiger partial charge >= 0.3 is 0 Å². The van der Waals surface area contributed by atoms with Gasteiger partial charge < -0.3 is 0 Å². The van der Waals surface area contributed by atoms with Crippen LogP contribution < -0.4 is 0 Å². The molecule has 0 spiro atoms. The Hall–Kier alpha value is -2.86. The molecule has 2 aliphatic carbocycles. The molecule has 0 saturated heterocycles. The molecule has 1 atom stereocenters. The maximum atomic E-state index is 2.39. The maximum absolute atomic E-state index is 2.39. The minimum atomic E-state index is 0.261. The quantitative estimate of drug-likeness (QED) is 0.257. The van der Waals surface area contributed by atoms with Crippen LogP contribution in [0.2, 0.25) is 0 Å². The Balaban J connectivity index is 1.89. The van der Waals surface area contributed by atoms with Crippen molar-refractivity contribution < 1.29 is 0 Å². The molecule has 216 valence electrons. The van der Waals surface area contributed by atoms with Gasteiger partial charge in [-0.2, -0.15) is 0 Å². The Labute approximate surface area is 247 Å². The summed E-state index contributed by atoms with van der Waals surface area (Å²) in [7, 11) is 0. The molecule has 0 N–H and O–H groups in total. The number of hydrogen-bond acceptors (Lipinski definition) is 0. The van der Waals surface area contributed by atoms with E-state index in [1.807, 2.05) is 0 Å². The zero-order chi connectivity index (χ0) is 29.8. The van der Waals surface area contributed by atoms with E-state index in [0.29, 0.717) is 11.3 Å². The van der Waals surface area contributed by atoms with Gasteiger partial charge in [-0.15, -0.1) is 0 Å². The smallest absolute Gasteiger partial charge is 0.00981 e. The second-order valence-electron chi connectivity index (χ2n) is 13.3. The minimum absolute atomic E-state index is 0.261. The summed E-state index contributed by atoms with van der Waals surface area (Å²) in [6.45, 7) is 22.7. The van der Waals surface area contributed by atoms with Crippen LogP contribution >= 0.6 is 0 Å². The van der Waals surface area contributed by atoms with Gasteiger partial charge in [0.25, 0.3) is 0 Å². The zero-order valence-corrected chi connectivity index (χ0v) is 27.3. The van der Waals surface area contributed by atoms with Gasteiger partial charge in [-0.3, -0.25) is 0 Å². The lowest BCUT2D eigenvalue weighted by molar-refractivity contribution is 0.290. The highest BCUT2D eigenvalue weighted by Gasteiger charge is 2.30. The average Bonchev–Trinajstić information content (AvgIpc) is 2.85. The van der Waals surface area contributed by atoms with Crippen LogP contribution in [0.3, 0.4) is 0 Å². The maximum Gasteiger partial charge on any atom is -0.00981 e. The Bertz CT molecular complexity index is 1200. The van der Waals surface area contributed by atoms with Crippen molar-refractivity contribution in [2.45, 2.75) is 101 Å². The van der Waals surface area contributed by atoms with Gasteiger partial charge in [-0.05, 0) is 82.6 Å². The number of hydrogen-bond donors (Lipinski definition) is 0. The third-order valence-corrected chi connectivity index (χ3v) is 8.43. The van der Waals surface area contributed by atoms with Crippen LogP contribution in [0.1, 0.15) is 101 Å². The van der Waals surface area contributed by atoms with E-state index >= 15 is 0 Å². The molecule has 1 fully saturated rings. The second kappa shape index (κ2) is 15.8. The van der Waals surface area contributed by atoms with Crippen molar-refractivity contribution in [2.75, 3.05) is 0 Å². The van der Waals surface area contributed by atoms with Gasteiger partial charge in [0, 0.05) is 0 Å². The summed E-state index contributed by atoms with van der Waals surface area (Å²) >= 11 is 0. The first-order chi connectivity index (χ1) is 18.8. The lowest BCUT2D eigenvalue weighted by atomic mass is 9.68. The molecule has 0 aromatic carbocycles. The molecule has 0 radical (unpaired) electrons. The lowest BCUT2D eigenvalue weighted by Gasteiger charge is -2.37. The molecule has 0 amide bonds. The van der Waals surface area contributed by atoms with Crippen molar-refractivity contribution in [3.63, 3.8) is 0 Å². The van der Waals surface area contributed by atoms with E-state index < -0.39 is 0 Å². The highest BCUT2D eigenvalue weighted by Crippen LogP contribution is 2.43. The van der Waals surface area contributed by atoms with Crippen LogP contribution in [0.25, 0.3) is 0 Å². The molecule has 0 unspecified atom stereocenters. The average molecular weight is 537 g/mol. The molecule has 0 aliphatic heterocycles. The molecule has 2 rings (SSSR count). The third-order valence-electron chi connectivity index (χ3n) is 8.43. The van der Waals surface area contributed by atoms with E-state index in [0.717, 1.165) is 0 Å². The van der Waals surface area contributed by atoms with Crippen molar-refractivity contribution in [3.8, 4) is 0 Å². The van der Waals surface area contributed by atoms with Crippen LogP contribution in [-0.4, -0.2) is 0 Å². The molecule has 0 aromatic heterocycles. The van der Waals surface area contributed by atoms with Gasteiger partial charge in [0.1, 0.15) is 0 Å². The van der Waals surface area contributed by atoms with Crippen molar-refractivity contribution in [1.29, 1.82) is 0 Å². The molecule has 40 heavy (non-hydrogen) atoms. The molecule has 0 aromatic rings. The fourth-order valence-electron chi connectivity index (χ4n) is 5.77. The van der Waals surface area contributed by atoms with Gasteiger partial charge in [0.15, 0.2) is 0 Å². The van der Waals surface area contributed by atoms with Crippen molar-refractivity contribution in [3.05, 3.63) is 130 Å². The standard InChI is InChI=1S/C40H56/c1-31(19-13-21-33(3)25-27-37-35(5)23-15-29-39(37,7)8)17-11-12-18-32(2)20-14-22-34(4)26-28-38-36(6)24-16-30-40(38,9)10/h11-14,17-23,25-28,36H,15-16,24,29-30H2,1-10H3/b17-11+,18-12+,21-13+,22-14+,31-19+,32-20+,33-25+,34-26+,37-27-,38-28+/t36-/m0/s1. The summed E-state index contributed by atoms with van der Waals surface area (Å²) in [5.41, 5.74) is 10.1. The minimum Gasteiger partial charge on any atom is -0.0813 e. The molecule has 1 saturated carbocycles. The van der Waals surface area contributed by atoms with Crippen LogP contribution in [0.5, 0.6) is 0 Å². The van der Waals surface area contributed by atoms with Crippen LogP contribution in [0.15, 0.2) is 130 Å². The summed E-state index contributed by atoms with van der Waals surface area (Å²) in [6.07, 6.45) is 39.5. The Morgan fingerprint density at radius 1 is 0.675 bits per heavy atom. The Morgan fingerprint density at radius 2 is 1.18 bits per heavy atom. The van der Waals surface area contributed by atoms with Gasteiger partial charge in [-0.25, -0.2) is 0 Å². The summed E-state index contributed by atoms with van der Waals surface area (Å²) in [5.74, 6) is 0.691. The molecule has 0 bridgehead atoms. The van der Waals surface area contributed by atoms with Crippen LogP contribution in [0.4, 0.5) is 0 Å². The first kappa shape index (κ1) is 33.3. The number of rotatable bonds is 9. The summed E-state index contributed by atoms with van der Waals surface area (Å²) in [5, 5.41) is 0. The van der Waals surface area contributed by atoms with Crippen molar-refractivity contribution in [1.82, 2.24) is 0 Å². The summed E-state index contributed by atoms with van der Waals surface area (Å²) < 4.78 is 0. The van der Waals surface area contributed by atoms with Crippen molar-refractivity contribution in [2.24, 2.45) is 16.7 Å². The van der Waals surface area contributed by atoms with E-state index in [1.165, 1.54) is 65.5 Å². The number of allylic oxidation sites excluding steroid dienone is 22. The fraction of sp³-hybridized carbons (Fsp3) is 0.450. The molecule has 2 aliphatic rings. The first-order valence-electron chi connectivity index (χ1n) is 15.3. The van der Waals surface area contributed by atoms with E-state index in [4.69, 9.17) is 0 Å². The van der Waals surface area contributed by atoms with E-state index in [-0.39, 0.29) is 5.41 Å². The highest BCUT2D eigenvalue weighted by atomic mass is 14.4. The Kier molecular flexibility index (Phi) is 13.2. The molecular formula is C40H56. The monoisotopic (exact) mass is 536 g/mol. The van der Waals surface area contributed by atoms with E-state index in [9.17, 15) is 0 Å². The van der Waals surface area contributed by atoms with Gasteiger partial charge in [0.2, 0.25) is 0 Å². The molecule has 0 nitrogen and oxygen atoms in total. The summed E-state index contributed by atoms with van der Waals surface area (Å²) in [4.78, 5) is 0. The SMILES string of the molecule is CC1=CCCC(C)(C)\C1=C/C=C(C)/C=C/C=C(C)/C=C/C=C/C(C)=C/C=C/C(C)=C/C=C1\[C@@H](C)CCCC1(C)C. The topological polar surface area (TPSA) is 0 Å². The molecule has 0 heteroatoms. The zero-order valence-electron chi connectivity index (χ0n) is 27.3. The predicted molar refractivity (Wildman–Crippen MR) is 181 cm³/mol. The highest BCUT2D eigenvalue weighted by molar-refractivity contribution is 5.41. The fourth-order valence-corrected chi connectivity index (χ4v) is 5.77. The van der Waals surface area contributed by atoms with Gasteiger partial charge in [-0.1, -0.05) is 166 Å².